The highest BCUT2D eigenvalue weighted by Gasteiger charge is 2.17. The molecule has 0 saturated carbocycles. The van der Waals surface area contributed by atoms with Gasteiger partial charge in [0.1, 0.15) is 12.4 Å². The Hall–Kier alpha value is -3.15. The Morgan fingerprint density at radius 3 is 2.50 bits per heavy atom. The van der Waals surface area contributed by atoms with Gasteiger partial charge < -0.3 is 14.8 Å². The van der Waals surface area contributed by atoms with Gasteiger partial charge in [0, 0.05) is 26.1 Å². The summed E-state index contributed by atoms with van der Waals surface area (Å²) >= 11 is 0. The van der Waals surface area contributed by atoms with Crippen LogP contribution in [0.3, 0.4) is 0 Å². The van der Waals surface area contributed by atoms with Crippen molar-refractivity contribution in [3.05, 3.63) is 68.1 Å². The van der Waals surface area contributed by atoms with Crippen LogP contribution in [0.5, 0.6) is 0 Å². The molecule has 6 nitrogen and oxygen atoms in total. The van der Waals surface area contributed by atoms with Gasteiger partial charge >= 0.3 is 0 Å². The van der Waals surface area contributed by atoms with E-state index in [4.69, 9.17) is 0 Å². The number of hydrogen-bond acceptors (Lipinski definition) is 3. The molecular weight excluding hydrogens is 328 g/mol. The first-order valence-electron chi connectivity index (χ1n) is 8.44. The van der Waals surface area contributed by atoms with Crippen molar-refractivity contribution >= 4 is 22.8 Å². The Bertz CT molecular complexity index is 812. The van der Waals surface area contributed by atoms with E-state index < -0.39 is 0 Å². The highest BCUT2D eigenvalue weighted by molar-refractivity contribution is 5.86. The van der Waals surface area contributed by atoms with Crippen molar-refractivity contribution in [1.29, 1.82) is 0 Å². The Kier molecular flexibility index (Phi) is 6.91. The highest BCUT2D eigenvalue weighted by Crippen LogP contribution is 2.17. The Labute approximate surface area is 153 Å². The summed E-state index contributed by atoms with van der Waals surface area (Å²) < 4.78 is 1.90. The van der Waals surface area contributed by atoms with Crippen molar-refractivity contribution in [2.45, 2.75) is 13.0 Å². The average Bonchev–Trinajstić information content (AvgIpc) is 2.99. The minimum absolute atomic E-state index is 0.0377. The third-order valence-corrected chi connectivity index (χ3v) is 3.91. The second kappa shape index (κ2) is 9.36. The second-order valence-corrected chi connectivity index (χ2v) is 5.72. The predicted molar refractivity (Wildman–Crippen MR) is 104 cm³/mol. The van der Waals surface area contributed by atoms with Crippen LogP contribution in [-0.4, -0.2) is 45.9 Å². The molecule has 0 aliphatic rings. The van der Waals surface area contributed by atoms with E-state index in [1.807, 2.05) is 28.8 Å². The van der Waals surface area contributed by atoms with Crippen LogP contribution in [0.1, 0.15) is 5.82 Å². The first-order chi connectivity index (χ1) is 12.6. The molecule has 136 valence electrons. The molecule has 6 heteroatoms. The summed E-state index contributed by atoms with van der Waals surface area (Å²) in [6.45, 7) is 12.3. The van der Waals surface area contributed by atoms with Crippen molar-refractivity contribution < 1.29 is 9.59 Å². The predicted octanol–water partition coefficient (Wildman–Crippen LogP) is 2.08. The number of imidazole rings is 1. The quantitative estimate of drug-likeness (QED) is 0.526. The van der Waals surface area contributed by atoms with Gasteiger partial charge in [-0.1, -0.05) is 30.9 Å². The van der Waals surface area contributed by atoms with E-state index in [-0.39, 0.29) is 18.4 Å². The first-order valence-corrected chi connectivity index (χ1v) is 8.44. The summed E-state index contributed by atoms with van der Waals surface area (Å²) in [6.07, 6.45) is 5.14. The number of rotatable bonds is 10. The molecule has 1 heterocycles. The molecule has 0 spiro atoms. The molecule has 0 unspecified atom stereocenters. The fraction of sp³-hybridized carbons (Fsp3) is 0.250. The van der Waals surface area contributed by atoms with Gasteiger partial charge in [-0.15, -0.1) is 13.2 Å². The van der Waals surface area contributed by atoms with Crippen molar-refractivity contribution in [3.8, 4) is 0 Å². The van der Waals surface area contributed by atoms with Crippen LogP contribution in [-0.2, 0) is 22.6 Å². The Morgan fingerprint density at radius 2 is 1.85 bits per heavy atom. The molecule has 0 atom stereocenters. The topological polar surface area (TPSA) is 67.2 Å². The molecule has 2 rings (SSSR count). The maximum atomic E-state index is 12.7. The number of nitrogens with one attached hydrogen (secondary N) is 1. The van der Waals surface area contributed by atoms with E-state index in [0.29, 0.717) is 26.1 Å². The van der Waals surface area contributed by atoms with Crippen molar-refractivity contribution in [3.63, 3.8) is 0 Å². The summed E-state index contributed by atoms with van der Waals surface area (Å²) in [7, 11) is 0. The van der Waals surface area contributed by atoms with E-state index in [1.54, 1.807) is 17.1 Å². The minimum atomic E-state index is -0.230. The smallest absolute Gasteiger partial charge is 0.243 e. The van der Waals surface area contributed by atoms with E-state index in [0.717, 1.165) is 16.9 Å². The lowest BCUT2D eigenvalue weighted by Crippen LogP contribution is -2.34. The summed E-state index contributed by atoms with van der Waals surface area (Å²) in [6, 6.07) is 7.67. The molecular formula is C20H24N4O2. The zero-order chi connectivity index (χ0) is 18.9. The molecule has 0 radical (unpaired) electrons. The van der Waals surface area contributed by atoms with Gasteiger partial charge in [-0.2, -0.15) is 0 Å². The molecule has 2 amide bonds. The lowest BCUT2D eigenvalue weighted by atomic mass is 10.3. The normalized spacial score (nSPS) is 10.3. The van der Waals surface area contributed by atoms with Crippen LogP contribution in [0.25, 0.3) is 11.0 Å². The van der Waals surface area contributed by atoms with Crippen molar-refractivity contribution in [2.75, 3.05) is 19.6 Å². The monoisotopic (exact) mass is 352 g/mol. The van der Waals surface area contributed by atoms with Gasteiger partial charge in [0.2, 0.25) is 11.8 Å². The van der Waals surface area contributed by atoms with E-state index in [2.05, 4.69) is 30.0 Å². The average molecular weight is 352 g/mol. The summed E-state index contributed by atoms with van der Waals surface area (Å²) in [4.78, 5) is 30.3. The first kappa shape index (κ1) is 19.2. The molecule has 0 fully saturated rings. The lowest BCUT2D eigenvalue weighted by Gasteiger charge is -2.20. The van der Waals surface area contributed by atoms with Crippen molar-refractivity contribution in [2.24, 2.45) is 0 Å². The van der Waals surface area contributed by atoms with Crippen LogP contribution in [0.15, 0.2) is 62.2 Å². The van der Waals surface area contributed by atoms with Crippen molar-refractivity contribution in [1.82, 2.24) is 19.8 Å². The number of benzene rings is 1. The third kappa shape index (κ3) is 4.69. The number of aromatic nitrogens is 2. The number of hydrogen-bond donors (Lipinski definition) is 1. The zero-order valence-electron chi connectivity index (χ0n) is 14.9. The molecule has 1 aromatic carbocycles. The van der Waals surface area contributed by atoms with E-state index in [9.17, 15) is 9.59 Å². The standard InChI is InChI=1S/C20H24N4O2/c1-4-13-23(14-5-2)20(26)15-24-17-10-8-7-9-16(17)22-18(24)11-12-21-19(25)6-3/h4-10H,1-3,11-15H2,(H,21,25). The van der Waals surface area contributed by atoms with Gasteiger partial charge in [-0.25, -0.2) is 4.98 Å². The van der Waals surface area contributed by atoms with Crippen LogP contribution in [0, 0.1) is 0 Å². The SMILES string of the molecule is C=CCN(CC=C)C(=O)Cn1c(CCNC(=O)C=C)nc2ccccc21. The molecule has 0 saturated heterocycles. The third-order valence-electron chi connectivity index (χ3n) is 3.91. The second-order valence-electron chi connectivity index (χ2n) is 5.72. The Morgan fingerprint density at radius 1 is 1.15 bits per heavy atom. The highest BCUT2D eigenvalue weighted by atomic mass is 16.2. The summed E-state index contributed by atoms with van der Waals surface area (Å²) in [5, 5.41) is 2.74. The number of nitrogens with zero attached hydrogens (tertiary/aromatic N) is 3. The lowest BCUT2D eigenvalue weighted by molar-refractivity contribution is -0.130. The Balaban J connectivity index is 2.25. The molecule has 0 aliphatic heterocycles. The maximum absolute atomic E-state index is 12.7. The number of fused-ring (bicyclic) bond motifs is 1. The number of amides is 2. The van der Waals surface area contributed by atoms with Crippen LogP contribution < -0.4 is 5.32 Å². The number of carbonyl (C=O) groups is 2. The van der Waals surface area contributed by atoms with Crippen LogP contribution >= 0.6 is 0 Å². The van der Waals surface area contributed by atoms with Gasteiger partial charge in [-0.05, 0) is 18.2 Å². The molecule has 1 N–H and O–H groups in total. The summed E-state index contributed by atoms with van der Waals surface area (Å²) in [5.74, 6) is 0.484. The number of para-hydroxylation sites is 2. The van der Waals surface area contributed by atoms with Gasteiger partial charge in [0.25, 0.3) is 0 Å². The van der Waals surface area contributed by atoms with Crippen LogP contribution in [0.4, 0.5) is 0 Å². The van der Waals surface area contributed by atoms with Crippen LogP contribution in [0.2, 0.25) is 0 Å². The molecule has 1 aromatic heterocycles. The fourth-order valence-electron chi connectivity index (χ4n) is 2.69. The molecule has 0 aliphatic carbocycles. The zero-order valence-corrected chi connectivity index (χ0v) is 14.9. The van der Waals surface area contributed by atoms with Gasteiger partial charge in [0.05, 0.1) is 11.0 Å². The summed E-state index contributed by atoms with van der Waals surface area (Å²) in [5.41, 5.74) is 1.72. The maximum Gasteiger partial charge on any atom is 0.243 e. The number of carbonyl (C=O) groups excluding carboxylic acids is 2. The molecule has 26 heavy (non-hydrogen) atoms. The fourth-order valence-corrected chi connectivity index (χ4v) is 2.69. The minimum Gasteiger partial charge on any atom is -0.352 e. The van der Waals surface area contributed by atoms with E-state index >= 15 is 0 Å². The largest absolute Gasteiger partial charge is 0.352 e. The van der Waals surface area contributed by atoms with Gasteiger partial charge in [0.15, 0.2) is 0 Å². The molecule has 0 bridgehead atoms. The van der Waals surface area contributed by atoms with E-state index in [1.165, 1.54) is 6.08 Å². The molecule has 2 aromatic rings. The van der Waals surface area contributed by atoms with Gasteiger partial charge in [-0.3, -0.25) is 9.59 Å².